The molecule has 18 heavy (non-hydrogen) atoms. The molecule has 2 aromatic rings. The third kappa shape index (κ3) is 2.03. The molecule has 0 radical (unpaired) electrons. The van der Waals surface area contributed by atoms with Gasteiger partial charge in [-0.25, -0.2) is 4.79 Å². The summed E-state index contributed by atoms with van der Waals surface area (Å²) in [6.45, 7) is 3.81. The lowest BCUT2D eigenvalue weighted by molar-refractivity contribution is -0.140. The molecule has 0 spiro atoms. The zero-order valence-corrected chi connectivity index (χ0v) is 9.53. The molecule has 0 amide bonds. The van der Waals surface area contributed by atoms with Gasteiger partial charge in [-0.05, 0) is 13.0 Å². The standard InChI is InChI=1S/C11H10F3N3O/c1-7(2)17-8-3-4-15-5-9(8)16(10(17)18)6-11(12,13)14/h3-5H,1,6H2,2H3. The number of halogens is 3. The summed E-state index contributed by atoms with van der Waals surface area (Å²) in [4.78, 5) is 15.7. The first-order valence-electron chi connectivity index (χ1n) is 5.09. The van der Waals surface area contributed by atoms with Gasteiger partial charge < -0.3 is 0 Å². The van der Waals surface area contributed by atoms with Gasteiger partial charge in [0.1, 0.15) is 6.54 Å². The predicted molar refractivity (Wildman–Crippen MR) is 61.1 cm³/mol. The smallest absolute Gasteiger partial charge is 0.281 e. The van der Waals surface area contributed by atoms with Crippen molar-refractivity contribution in [1.82, 2.24) is 14.1 Å². The number of hydrogen-bond donors (Lipinski definition) is 0. The van der Waals surface area contributed by atoms with Crippen LogP contribution in [0, 0.1) is 0 Å². The molecule has 2 heterocycles. The first kappa shape index (κ1) is 12.4. The fraction of sp³-hybridized carbons (Fsp3) is 0.273. The highest BCUT2D eigenvalue weighted by Crippen LogP contribution is 2.21. The van der Waals surface area contributed by atoms with Crippen molar-refractivity contribution in [2.75, 3.05) is 0 Å². The average molecular weight is 257 g/mol. The second-order valence-electron chi connectivity index (χ2n) is 3.92. The minimum atomic E-state index is -4.46. The highest BCUT2D eigenvalue weighted by atomic mass is 19.4. The Morgan fingerprint density at radius 1 is 1.44 bits per heavy atom. The van der Waals surface area contributed by atoms with E-state index in [0.29, 0.717) is 15.8 Å². The Morgan fingerprint density at radius 3 is 2.67 bits per heavy atom. The zero-order chi connectivity index (χ0) is 13.5. The molecule has 0 unspecified atom stereocenters. The van der Waals surface area contributed by atoms with E-state index in [1.54, 1.807) is 6.92 Å². The Labute approximate surface area is 100.0 Å². The Balaban J connectivity index is 2.78. The van der Waals surface area contributed by atoms with Crippen LogP contribution < -0.4 is 5.69 Å². The van der Waals surface area contributed by atoms with E-state index in [4.69, 9.17) is 0 Å². The molecule has 0 saturated carbocycles. The third-order valence-corrected chi connectivity index (χ3v) is 2.45. The summed E-state index contributed by atoms with van der Waals surface area (Å²) in [5.74, 6) is 0. The second-order valence-corrected chi connectivity index (χ2v) is 3.92. The molecule has 0 saturated heterocycles. The van der Waals surface area contributed by atoms with Gasteiger partial charge in [-0.2, -0.15) is 13.2 Å². The molecule has 0 N–H and O–H groups in total. The fourth-order valence-corrected chi connectivity index (χ4v) is 1.80. The van der Waals surface area contributed by atoms with Gasteiger partial charge in [-0.15, -0.1) is 0 Å². The van der Waals surface area contributed by atoms with Crippen molar-refractivity contribution in [2.45, 2.75) is 19.6 Å². The molecular weight excluding hydrogens is 247 g/mol. The average Bonchev–Trinajstić information content (AvgIpc) is 2.50. The van der Waals surface area contributed by atoms with Crippen molar-refractivity contribution < 1.29 is 13.2 Å². The summed E-state index contributed by atoms with van der Waals surface area (Å²) < 4.78 is 39.1. The number of allylic oxidation sites excluding steroid dienone is 1. The van der Waals surface area contributed by atoms with Gasteiger partial charge >= 0.3 is 11.9 Å². The molecule has 0 bridgehead atoms. The molecule has 0 aliphatic carbocycles. The first-order valence-corrected chi connectivity index (χ1v) is 5.09. The Morgan fingerprint density at radius 2 is 2.11 bits per heavy atom. The quantitative estimate of drug-likeness (QED) is 0.827. The molecular formula is C11H10F3N3O. The van der Waals surface area contributed by atoms with Crippen LogP contribution in [0.1, 0.15) is 6.92 Å². The van der Waals surface area contributed by atoms with Gasteiger partial charge in [0.05, 0.1) is 17.2 Å². The molecule has 0 fully saturated rings. The number of aromatic nitrogens is 3. The van der Waals surface area contributed by atoms with E-state index in [0.717, 1.165) is 4.57 Å². The molecule has 0 atom stereocenters. The summed E-state index contributed by atoms with van der Waals surface area (Å²) in [7, 11) is 0. The van der Waals surface area contributed by atoms with Crippen LogP contribution in [0.5, 0.6) is 0 Å². The van der Waals surface area contributed by atoms with E-state index in [9.17, 15) is 18.0 Å². The number of alkyl halides is 3. The lowest BCUT2D eigenvalue weighted by Crippen LogP contribution is -2.29. The lowest BCUT2D eigenvalue weighted by Gasteiger charge is -2.06. The maximum atomic E-state index is 12.4. The van der Waals surface area contributed by atoms with Crippen molar-refractivity contribution in [1.29, 1.82) is 0 Å². The Bertz CT molecular complexity index is 666. The summed E-state index contributed by atoms with van der Waals surface area (Å²) in [6, 6.07) is 1.48. The second kappa shape index (κ2) is 4.01. The molecule has 7 heteroatoms. The fourth-order valence-electron chi connectivity index (χ4n) is 1.80. The normalized spacial score (nSPS) is 12.0. The minimum Gasteiger partial charge on any atom is -0.281 e. The molecule has 0 aliphatic heterocycles. The van der Waals surface area contributed by atoms with Crippen LogP contribution in [0.2, 0.25) is 0 Å². The molecule has 2 aromatic heterocycles. The van der Waals surface area contributed by atoms with E-state index < -0.39 is 18.4 Å². The Hall–Kier alpha value is -2.05. The van der Waals surface area contributed by atoms with E-state index in [2.05, 4.69) is 11.6 Å². The van der Waals surface area contributed by atoms with Crippen molar-refractivity contribution in [3.8, 4) is 0 Å². The largest absolute Gasteiger partial charge is 0.406 e. The van der Waals surface area contributed by atoms with Crippen molar-refractivity contribution in [3.63, 3.8) is 0 Å². The monoisotopic (exact) mass is 257 g/mol. The van der Waals surface area contributed by atoms with Crippen LogP contribution in [0.25, 0.3) is 16.7 Å². The molecule has 0 aliphatic rings. The van der Waals surface area contributed by atoms with Crippen LogP contribution in [-0.2, 0) is 6.54 Å². The SMILES string of the molecule is C=C(C)n1c(=O)n(CC(F)(F)F)c2cnccc21. The van der Waals surface area contributed by atoms with E-state index >= 15 is 0 Å². The highest BCUT2D eigenvalue weighted by Gasteiger charge is 2.30. The number of rotatable bonds is 2. The molecule has 0 aromatic carbocycles. The summed E-state index contributed by atoms with van der Waals surface area (Å²) in [5, 5.41) is 0. The molecule has 96 valence electrons. The van der Waals surface area contributed by atoms with Crippen LogP contribution in [0.15, 0.2) is 29.8 Å². The number of fused-ring (bicyclic) bond motifs is 1. The number of imidazole rings is 1. The van der Waals surface area contributed by atoms with Crippen molar-refractivity contribution in [2.24, 2.45) is 0 Å². The van der Waals surface area contributed by atoms with Gasteiger partial charge in [-0.1, -0.05) is 6.58 Å². The third-order valence-electron chi connectivity index (χ3n) is 2.45. The van der Waals surface area contributed by atoms with E-state index in [1.165, 1.54) is 18.5 Å². The maximum absolute atomic E-state index is 12.4. The van der Waals surface area contributed by atoms with Crippen LogP contribution in [0.4, 0.5) is 13.2 Å². The topological polar surface area (TPSA) is 39.8 Å². The lowest BCUT2D eigenvalue weighted by atomic mass is 10.4. The Kier molecular flexibility index (Phi) is 2.76. The van der Waals surface area contributed by atoms with Crippen LogP contribution in [-0.4, -0.2) is 20.3 Å². The van der Waals surface area contributed by atoms with Crippen molar-refractivity contribution >= 4 is 16.7 Å². The maximum Gasteiger partial charge on any atom is 0.406 e. The van der Waals surface area contributed by atoms with Crippen molar-refractivity contribution in [3.05, 3.63) is 35.5 Å². The predicted octanol–water partition coefficient (Wildman–Crippen LogP) is 2.25. The number of pyridine rings is 1. The van der Waals surface area contributed by atoms with Gasteiger partial charge in [0, 0.05) is 11.9 Å². The summed E-state index contributed by atoms with van der Waals surface area (Å²) >= 11 is 0. The highest BCUT2D eigenvalue weighted by molar-refractivity contribution is 5.78. The number of nitrogens with zero attached hydrogens (tertiary/aromatic N) is 3. The van der Waals surface area contributed by atoms with Gasteiger partial charge in [0.25, 0.3) is 0 Å². The molecule has 4 nitrogen and oxygen atoms in total. The summed E-state index contributed by atoms with van der Waals surface area (Å²) in [5.41, 5.74) is 0.106. The van der Waals surface area contributed by atoms with Crippen LogP contribution in [0.3, 0.4) is 0 Å². The zero-order valence-electron chi connectivity index (χ0n) is 9.53. The minimum absolute atomic E-state index is 0.142. The van der Waals surface area contributed by atoms with Gasteiger partial charge in [0.15, 0.2) is 0 Å². The van der Waals surface area contributed by atoms with Gasteiger partial charge in [-0.3, -0.25) is 14.1 Å². The molecule has 2 rings (SSSR count). The van der Waals surface area contributed by atoms with E-state index in [1.807, 2.05) is 0 Å². The van der Waals surface area contributed by atoms with Gasteiger partial charge in [0.2, 0.25) is 0 Å². The number of hydrogen-bond acceptors (Lipinski definition) is 2. The van der Waals surface area contributed by atoms with Crippen LogP contribution >= 0.6 is 0 Å². The van der Waals surface area contributed by atoms with E-state index in [-0.39, 0.29) is 5.52 Å². The first-order chi connectivity index (χ1) is 8.31. The summed E-state index contributed by atoms with van der Waals surface area (Å²) in [6.07, 6.45) is -1.81.